The normalized spacial score (nSPS) is 11.3. The van der Waals surface area contributed by atoms with Crippen LogP contribution in [0.4, 0.5) is 0 Å². The Bertz CT molecular complexity index is 526. The van der Waals surface area contributed by atoms with E-state index in [2.05, 4.69) is 37.5 Å². The van der Waals surface area contributed by atoms with Crippen LogP contribution in [0, 0.1) is 13.8 Å². The van der Waals surface area contributed by atoms with Gasteiger partial charge in [-0.05, 0) is 50.1 Å². The highest BCUT2D eigenvalue weighted by atomic mass is 15.1. The molecule has 0 unspecified atom stereocenters. The minimum absolute atomic E-state index is 0.658. The Balaban J connectivity index is 2.62. The lowest BCUT2D eigenvalue weighted by molar-refractivity contribution is 0.652. The van der Waals surface area contributed by atoms with Gasteiger partial charge < -0.3 is 10.3 Å². The molecule has 1 heterocycles. The van der Waals surface area contributed by atoms with E-state index < -0.39 is 0 Å². The number of hydrogen-bond acceptors (Lipinski definition) is 2. The highest BCUT2D eigenvalue weighted by Crippen LogP contribution is 2.21. The molecule has 0 atom stereocenters. The topological polar surface area (TPSA) is 43.8 Å². The van der Waals surface area contributed by atoms with Crippen LogP contribution in [0.5, 0.6) is 0 Å². The third-order valence-corrected chi connectivity index (χ3v) is 3.26. The average Bonchev–Trinajstić information content (AvgIpc) is 2.59. The second kappa shape index (κ2) is 4.88. The molecule has 0 aliphatic heterocycles. The van der Waals surface area contributed by atoms with Crippen LogP contribution in [-0.2, 0) is 13.0 Å². The number of imidazole rings is 1. The molecule has 0 saturated carbocycles. The summed E-state index contributed by atoms with van der Waals surface area (Å²) in [7, 11) is 0. The van der Waals surface area contributed by atoms with Gasteiger partial charge in [-0.2, -0.15) is 0 Å². The first-order valence-corrected chi connectivity index (χ1v) is 6.33. The lowest BCUT2D eigenvalue weighted by atomic mass is 10.1. The molecule has 0 amide bonds. The maximum absolute atomic E-state index is 5.65. The Hall–Kier alpha value is -1.35. The first-order chi connectivity index (χ1) is 8.17. The summed E-state index contributed by atoms with van der Waals surface area (Å²) in [5, 5.41) is 0. The first-order valence-electron chi connectivity index (χ1n) is 6.33. The van der Waals surface area contributed by atoms with Crippen LogP contribution in [0.15, 0.2) is 12.1 Å². The molecule has 0 bridgehead atoms. The van der Waals surface area contributed by atoms with Crippen molar-refractivity contribution in [2.45, 2.75) is 40.2 Å². The largest absolute Gasteiger partial charge is 0.330 e. The summed E-state index contributed by atoms with van der Waals surface area (Å²) in [6.07, 6.45) is 1.97. The molecule has 17 heavy (non-hydrogen) atoms. The molecule has 0 spiro atoms. The average molecular weight is 231 g/mol. The number of aromatic nitrogens is 2. The molecule has 0 saturated heterocycles. The van der Waals surface area contributed by atoms with E-state index in [1.807, 2.05) is 0 Å². The van der Waals surface area contributed by atoms with E-state index in [1.54, 1.807) is 0 Å². The summed E-state index contributed by atoms with van der Waals surface area (Å²) in [6, 6.07) is 4.42. The van der Waals surface area contributed by atoms with Crippen molar-refractivity contribution in [1.29, 1.82) is 0 Å². The van der Waals surface area contributed by atoms with Gasteiger partial charge in [0.1, 0.15) is 5.82 Å². The van der Waals surface area contributed by atoms with Crippen molar-refractivity contribution in [3.05, 3.63) is 29.1 Å². The van der Waals surface area contributed by atoms with Crippen LogP contribution in [0.2, 0.25) is 0 Å². The van der Waals surface area contributed by atoms with Gasteiger partial charge in [0, 0.05) is 13.0 Å². The lowest BCUT2D eigenvalue weighted by Gasteiger charge is -2.07. The number of rotatable bonds is 4. The minimum Gasteiger partial charge on any atom is -0.330 e. The number of nitrogens with zero attached hydrogens (tertiary/aromatic N) is 2. The Morgan fingerprint density at radius 1 is 1.24 bits per heavy atom. The van der Waals surface area contributed by atoms with E-state index >= 15 is 0 Å². The minimum atomic E-state index is 0.658. The van der Waals surface area contributed by atoms with Gasteiger partial charge in [0.05, 0.1) is 11.0 Å². The highest BCUT2D eigenvalue weighted by Gasteiger charge is 2.10. The maximum Gasteiger partial charge on any atom is 0.111 e. The van der Waals surface area contributed by atoms with Gasteiger partial charge in [0.15, 0.2) is 0 Å². The van der Waals surface area contributed by atoms with E-state index in [-0.39, 0.29) is 0 Å². The van der Waals surface area contributed by atoms with Crippen LogP contribution in [0.1, 0.15) is 30.3 Å². The summed E-state index contributed by atoms with van der Waals surface area (Å²) < 4.78 is 2.31. The summed E-state index contributed by atoms with van der Waals surface area (Å²) in [4.78, 5) is 4.71. The van der Waals surface area contributed by atoms with Gasteiger partial charge in [-0.3, -0.25) is 0 Å². The van der Waals surface area contributed by atoms with Crippen LogP contribution >= 0.6 is 0 Å². The number of nitrogens with two attached hydrogens (primary N) is 1. The molecule has 3 heteroatoms. The van der Waals surface area contributed by atoms with Gasteiger partial charge in [-0.25, -0.2) is 4.98 Å². The van der Waals surface area contributed by atoms with Crippen molar-refractivity contribution in [2.24, 2.45) is 5.73 Å². The van der Waals surface area contributed by atoms with Crippen molar-refractivity contribution in [1.82, 2.24) is 9.55 Å². The van der Waals surface area contributed by atoms with Crippen molar-refractivity contribution >= 4 is 11.0 Å². The maximum atomic E-state index is 5.65. The summed E-state index contributed by atoms with van der Waals surface area (Å²) in [6.45, 7) is 8.16. The molecule has 1 aromatic carbocycles. The van der Waals surface area contributed by atoms with Crippen LogP contribution < -0.4 is 5.73 Å². The monoisotopic (exact) mass is 231 g/mol. The molecule has 0 aliphatic carbocycles. The molecule has 2 aromatic rings. The zero-order chi connectivity index (χ0) is 12.4. The van der Waals surface area contributed by atoms with E-state index in [1.165, 1.54) is 16.6 Å². The Morgan fingerprint density at radius 3 is 2.59 bits per heavy atom. The fourth-order valence-corrected chi connectivity index (χ4v) is 2.22. The van der Waals surface area contributed by atoms with Crippen molar-refractivity contribution in [3.8, 4) is 0 Å². The fourth-order valence-electron chi connectivity index (χ4n) is 2.22. The molecule has 0 aliphatic rings. The number of benzene rings is 1. The molecule has 1 aromatic heterocycles. The van der Waals surface area contributed by atoms with E-state index in [0.717, 1.165) is 30.7 Å². The molecule has 0 fully saturated rings. The SMILES string of the molecule is CCCn1c(CCN)nc2cc(C)c(C)cc21. The second-order valence-electron chi connectivity index (χ2n) is 4.64. The molecule has 92 valence electrons. The summed E-state index contributed by atoms with van der Waals surface area (Å²) >= 11 is 0. The van der Waals surface area contributed by atoms with Crippen LogP contribution in [-0.4, -0.2) is 16.1 Å². The number of aryl methyl sites for hydroxylation is 3. The smallest absolute Gasteiger partial charge is 0.111 e. The van der Waals surface area contributed by atoms with Crippen LogP contribution in [0.3, 0.4) is 0 Å². The van der Waals surface area contributed by atoms with E-state index in [9.17, 15) is 0 Å². The van der Waals surface area contributed by atoms with Crippen molar-refractivity contribution < 1.29 is 0 Å². The van der Waals surface area contributed by atoms with E-state index in [4.69, 9.17) is 10.7 Å². The highest BCUT2D eigenvalue weighted by molar-refractivity contribution is 5.78. The van der Waals surface area contributed by atoms with Crippen molar-refractivity contribution in [2.75, 3.05) is 6.54 Å². The Morgan fingerprint density at radius 2 is 1.94 bits per heavy atom. The molecular formula is C14H21N3. The zero-order valence-corrected chi connectivity index (χ0v) is 11.0. The zero-order valence-electron chi connectivity index (χ0n) is 11.0. The standard InChI is InChI=1S/C14H21N3/c1-4-7-17-13-9-11(3)10(2)8-12(13)16-14(17)5-6-15/h8-9H,4-7,15H2,1-3H3. The molecule has 2 rings (SSSR count). The molecule has 2 N–H and O–H groups in total. The van der Waals surface area contributed by atoms with Gasteiger partial charge >= 0.3 is 0 Å². The predicted molar refractivity (Wildman–Crippen MR) is 72.3 cm³/mol. The fraction of sp³-hybridized carbons (Fsp3) is 0.500. The molecule has 3 nitrogen and oxygen atoms in total. The molecule has 0 radical (unpaired) electrons. The van der Waals surface area contributed by atoms with Crippen molar-refractivity contribution in [3.63, 3.8) is 0 Å². The third kappa shape index (κ3) is 2.20. The summed E-state index contributed by atoms with van der Waals surface area (Å²) in [5.74, 6) is 1.12. The van der Waals surface area contributed by atoms with Gasteiger partial charge in [0.2, 0.25) is 0 Å². The van der Waals surface area contributed by atoms with Gasteiger partial charge in [-0.15, -0.1) is 0 Å². The predicted octanol–water partition coefficient (Wildman–Crippen LogP) is 2.56. The number of fused-ring (bicyclic) bond motifs is 1. The quantitative estimate of drug-likeness (QED) is 0.879. The molecular weight excluding hydrogens is 210 g/mol. The van der Waals surface area contributed by atoms with Gasteiger partial charge in [0.25, 0.3) is 0 Å². The summed E-state index contributed by atoms with van der Waals surface area (Å²) in [5.41, 5.74) is 10.6. The van der Waals surface area contributed by atoms with Crippen LogP contribution in [0.25, 0.3) is 11.0 Å². The number of hydrogen-bond donors (Lipinski definition) is 1. The Kier molecular flexibility index (Phi) is 3.48. The van der Waals surface area contributed by atoms with E-state index in [0.29, 0.717) is 6.54 Å². The third-order valence-electron chi connectivity index (χ3n) is 3.26. The second-order valence-corrected chi connectivity index (χ2v) is 4.64. The first kappa shape index (κ1) is 12.1. The van der Waals surface area contributed by atoms with Gasteiger partial charge in [-0.1, -0.05) is 6.92 Å². The Labute approximate surface area is 103 Å². The lowest BCUT2D eigenvalue weighted by Crippen LogP contribution is -2.10.